The molecule has 2 saturated carbocycles. The molecule has 6 heteroatoms. The topological polar surface area (TPSA) is 58.6 Å². The molecular formula is C23H33ClN2O3. The Morgan fingerprint density at radius 2 is 1.62 bits per heavy atom. The van der Waals surface area contributed by atoms with E-state index < -0.39 is 6.04 Å². The summed E-state index contributed by atoms with van der Waals surface area (Å²) in [5, 5.41) is 3.26. The van der Waals surface area contributed by atoms with Gasteiger partial charge in [-0.3, -0.25) is 9.59 Å². The van der Waals surface area contributed by atoms with Gasteiger partial charge in [0.05, 0.1) is 7.11 Å². The summed E-state index contributed by atoms with van der Waals surface area (Å²) >= 11 is 5.98. The molecule has 0 aromatic heterocycles. The number of hydrogen-bond acceptors (Lipinski definition) is 3. The summed E-state index contributed by atoms with van der Waals surface area (Å²) in [5.41, 5.74) is 0.808. The highest BCUT2D eigenvalue weighted by atomic mass is 35.5. The molecule has 0 bridgehead atoms. The van der Waals surface area contributed by atoms with Crippen LogP contribution in [0.1, 0.15) is 75.8 Å². The molecule has 0 heterocycles. The van der Waals surface area contributed by atoms with E-state index in [1.54, 1.807) is 12.0 Å². The van der Waals surface area contributed by atoms with E-state index in [4.69, 9.17) is 16.3 Å². The highest BCUT2D eigenvalue weighted by molar-refractivity contribution is 6.27. The molecule has 160 valence electrons. The van der Waals surface area contributed by atoms with Crippen LogP contribution in [0.3, 0.4) is 0 Å². The van der Waals surface area contributed by atoms with Crippen molar-refractivity contribution in [2.45, 2.75) is 82.3 Å². The lowest BCUT2D eigenvalue weighted by atomic mass is 9.99. The van der Waals surface area contributed by atoms with Crippen molar-refractivity contribution in [1.29, 1.82) is 0 Å². The van der Waals surface area contributed by atoms with Crippen LogP contribution < -0.4 is 10.1 Å². The first-order chi connectivity index (χ1) is 14.1. The molecule has 1 atom stereocenters. The molecule has 5 nitrogen and oxygen atoms in total. The summed E-state index contributed by atoms with van der Waals surface area (Å²) in [5.74, 6) is 0.357. The number of carbonyl (C=O) groups is 2. The van der Waals surface area contributed by atoms with E-state index in [-0.39, 0.29) is 29.8 Å². The molecule has 1 N–H and O–H groups in total. The molecular weight excluding hydrogens is 388 g/mol. The van der Waals surface area contributed by atoms with Gasteiger partial charge in [-0.05, 0) is 43.4 Å². The summed E-state index contributed by atoms with van der Waals surface area (Å²) in [6, 6.07) is 7.06. The minimum absolute atomic E-state index is 0.0632. The number of ether oxygens (including phenoxy) is 1. The van der Waals surface area contributed by atoms with E-state index in [1.807, 2.05) is 24.3 Å². The van der Waals surface area contributed by atoms with Gasteiger partial charge in [0.25, 0.3) is 0 Å². The fourth-order valence-corrected chi connectivity index (χ4v) is 4.88. The minimum atomic E-state index is -0.654. The predicted octanol–water partition coefficient (Wildman–Crippen LogP) is 4.59. The van der Waals surface area contributed by atoms with Crippen LogP contribution in [0.2, 0.25) is 0 Å². The third-order valence-corrected chi connectivity index (χ3v) is 6.51. The van der Waals surface area contributed by atoms with Crippen molar-refractivity contribution in [2.24, 2.45) is 0 Å². The molecule has 0 saturated heterocycles. The minimum Gasteiger partial charge on any atom is -0.497 e. The standard InChI is InChI=1S/C23H33ClN2O3/c1-29-20-14-12-17(13-15-20)22(23(28)25-18-8-4-2-3-5-9-18)26(21(27)16-24)19-10-6-7-11-19/h12-15,18-19,22H,2-11,16H2,1H3,(H,25,28). The molecule has 2 aliphatic rings. The van der Waals surface area contributed by atoms with Crippen LogP contribution >= 0.6 is 11.6 Å². The van der Waals surface area contributed by atoms with E-state index in [0.717, 1.165) is 62.7 Å². The van der Waals surface area contributed by atoms with Crippen LogP contribution in [0, 0.1) is 0 Å². The number of halogens is 1. The van der Waals surface area contributed by atoms with Crippen LogP contribution in [0.15, 0.2) is 24.3 Å². The number of rotatable bonds is 7. The molecule has 3 rings (SSSR count). The Balaban J connectivity index is 1.90. The fourth-order valence-electron chi connectivity index (χ4n) is 4.74. The molecule has 1 aromatic carbocycles. The van der Waals surface area contributed by atoms with E-state index in [1.165, 1.54) is 12.8 Å². The number of benzene rings is 1. The van der Waals surface area contributed by atoms with Crippen LogP contribution in [0.4, 0.5) is 0 Å². The lowest BCUT2D eigenvalue weighted by molar-refractivity contribution is -0.142. The van der Waals surface area contributed by atoms with Crippen LogP contribution in [-0.2, 0) is 9.59 Å². The van der Waals surface area contributed by atoms with Gasteiger partial charge in [0.2, 0.25) is 11.8 Å². The van der Waals surface area contributed by atoms with Gasteiger partial charge in [-0.2, -0.15) is 0 Å². The van der Waals surface area contributed by atoms with Gasteiger partial charge in [-0.25, -0.2) is 0 Å². The number of methoxy groups -OCH3 is 1. The molecule has 2 amide bonds. The van der Waals surface area contributed by atoms with Gasteiger partial charge >= 0.3 is 0 Å². The van der Waals surface area contributed by atoms with Crippen LogP contribution in [0.25, 0.3) is 0 Å². The molecule has 2 fully saturated rings. The zero-order chi connectivity index (χ0) is 20.6. The van der Waals surface area contributed by atoms with Crippen molar-refractivity contribution in [3.8, 4) is 5.75 Å². The van der Waals surface area contributed by atoms with E-state index >= 15 is 0 Å². The molecule has 1 unspecified atom stereocenters. The van der Waals surface area contributed by atoms with Crippen molar-refractivity contribution in [2.75, 3.05) is 13.0 Å². The quantitative estimate of drug-likeness (QED) is 0.518. The van der Waals surface area contributed by atoms with Gasteiger partial charge in [0.15, 0.2) is 0 Å². The van der Waals surface area contributed by atoms with Crippen molar-refractivity contribution >= 4 is 23.4 Å². The van der Waals surface area contributed by atoms with Crippen molar-refractivity contribution in [3.63, 3.8) is 0 Å². The van der Waals surface area contributed by atoms with E-state index in [0.29, 0.717) is 0 Å². The third kappa shape index (κ3) is 5.65. The number of carbonyl (C=O) groups excluding carboxylic acids is 2. The zero-order valence-electron chi connectivity index (χ0n) is 17.4. The molecule has 1 aromatic rings. The number of nitrogens with one attached hydrogen (secondary N) is 1. The zero-order valence-corrected chi connectivity index (χ0v) is 18.1. The lowest BCUT2D eigenvalue weighted by Gasteiger charge is -2.36. The second-order valence-corrected chi connectivity index (χ2v) is 8.51. The number of nitrogens with zero attached hydrogens (tertiary/aromatic N) is 1. The Hall–Kier alpha value is -1.75. The summed E-state index contributed by atoms with van der Waals surface area (Å²) < 4.78 is 5.27. The fraction of sp³-hybridized carbons (Fsp3) is 0.652. The normalized spacial score (nSPS) is 19.4. The molecule has 0 aliphatic heterocycles. The molecule has 2 aliphatic carbocycles. The number of hydrogen-bond donors (Lipinski definition) is 1. The molecule has 0 radical (unpaired) electrons. The Kier molecular flexibility index (Phi) is 8.22. The van der Waals surface area contributed by atoms with E-state index in [2.05, 4.69) is 5.32 Å². The highest BCUT2D eigenvalue weighted by Crippen LogP contribution is 2.33. The van der Waals surface area contributed by atoms with Crippen molar-refractivity contribution < 1.29 is 14.3 Å². The first-order valence-electron chi connectivity index (χ1n) is 11.0. The maximum atomic E-state index is 13.5. The average Bonchev–Trinajstić information content (AvgIpc) is 3.15. The van der Waals surface area contributed by atoms with E-state index in [9.17, 15) is 9.59 Å². The number of amides is 2. The SMILES string of the molecule is COc1ccc(C(C(=O)NC2CCCCCC2)N(C(=O)CCl)C2CCCC2)cc1. The predicted molar refractivity (Wildman–Crippen MR) is 115 cm³/mol. The molecule has 0 spiro atoms. The summed E-state index contributed by atoms with van der Waals surface area (Å²) in [7, 11) is 1.62. The Bertz CT molecular complexity index is 665. The average molecular weight is 421 g/mol. The largest absolute Gasteiger partial charge is 0.497 e. The van der Waals surface area contributed by atoms with Gasteiger partial charge in [0.1, 0.15) is 17.7 Å². The monoisotopic (exact) mass is 420 g/mol. The van der Waals surface area contributed by atoms with Gasteiger partial charge in [-0.1, -0.05) is 50.7 Å². The first-order valence-corrected chi connectivity index (χ1v) is 11.5. The Labute approximate surface area is 179 Å². The van der Waals surface area contributed by atoms with Crippen molar-refractivity contribution in [1.82, 2.24) is 10.2 Å². The maximum Gasteiger partial charge on any atom is 0.247 e. The summed E-state index contributed by atoms with van der Waals surface area (Å²) in [6.07, 6.45) is 10.8. The lowest BCUT2D eigenvalue weighted by Crippen LogP contribution is -2.50. The second-order valence-electron chi connectivity index (χ2n) is 8.25. The maximum absolute atomic E-state index is 13.5. The third-order valence-electron chi connectivity index (χ3n) is 6.28. The molecule has 29 heavy (non-hydrogen) atoms. The second kappa shape index (κ2) is 10.9. The first kappa shape index (κ1) is 21.9. The Morgan fingerprint density at radius 3 is 2.17 bits per heavy atom. The van der Waals surface area contributed by atoms with Gasteiger partial charge < -0.3 is 15.0 Å². The summed E-state index contributed by atoms with van der Waals surface area (Å²) in [4.78, 5) is 28.2. The van der Waals surface area contributed by atoms with Gasteiger partial charge in [-0.15, -0.1) is 11.6 Å². The van der Waals surface area contributed by atoms with Gasteiger partial charge in [0, 0.05) is 12.1 Å². The number of alkyl halides is 1. The highest BCUT2D eigenvalue weighted by Gasteiger charge is 2.37. The van der Waals surface area contributed by atoms with Crippen molar-refractivity contribution in [3.05, 3.63) is 29.8 Å². The summed E-state index contributed by atoms with van der Waals surface area (Å²) in [6.45, 7) is 0. The Morgan fingerprint density at radius 1 is 1.03 bits per heavy atom. The van der Waals surface area contributed by atoms with Crippen LogP contribution in [-0.4, -0.2) is 41.8 Å². The van der Waals surface area contributed by atoms with Crippen LogP contribution in [0.5, 0.6) is 5.75 Å². The smallest absolute Gasteiger partial charge is 0.247 e.